The number of hydrogen-bond donors (Lipinski definition) is 1. The van der Waals surface area contributed by atoms with E-state index in [0.29, 0.717) is 5.75 Å². The van der Waals surface area contributed by atoms with Gasteiger partial charge >= 0.3 is 0 Å². The standard InChI is InChI=1S/C29H27NO2/c1-4-29(31)32-28-19-11-24(12-20-28)23-9-17-27(18-10-23)30(25-13-5-21(2)6-14-25)26-15-7-22(3)8-16-26/h4-20,29,31H,1H2,2-3H3. The lowest BCUT2D eigenvalue weighted by atomic mass is 10.0. The van der Waals surface area contributed by atoms with Crippen molar-refractivity contribution < 1.29 is 9.84 Å². The summed E-state index contributed by atoms with van der Waals surface area (Å²) in [6, 6.07) is 33.3. The van der Waals surface area contributed by atoms with Crippen molar-refractivity contribution in [1.29, 1.82) is 0 Å². The second-order valence-corrected chi connectivity index (χ2v) is 7.82. The van der Waals surface area contributed by atoms with Gasteiger partial charge in [-0.05, 0) is 79.6 Å². The molecular formula is C29H27NO2. The zero-order valence-electron chi connectivity index (χ0n) is 18.4. The Morgan fingerprint density at radius 3 is 1.44 bits per heavy atom. The predicted molar refractivity (Wildman–Crippen MR) is 133 cm³/mol. The van der Waals surface area contributed by atoms with E-state index in [1.54, 1.807) is 0 Å². The van der Waals surface area contributed by atoms with Gasteiger partial charge in [0.05, 0.1) is 0 Å². The molecule has 0 aliphatic heterocycles. The molecule has 4 rings (SSSR count). The third kappa shape index (κ3) is 4.90. The van der Waals surface area contributed by atoms with Crippen LogP contribution in [0.4, 0.5) is 17.1 Å². The first-order valence-electron chi connectivity index (χ1n) is 10.6. The van der Waals surface area contributed by atoms with Crippen LogP contribution in [0.2, 0.25) is 0 Å². The highest BCUT2D eigenvalue weighted by Crippen LogP contribution is 2.36. The molecule has 32 heavy (non-hydrogen) atoms. The predicted octanol–water partition coefficient (Wildman–Crippen LogP) is 7.32. The number of benzene rings is 4. The number of ether oxygens (including phenoxy) is 1. The van der Waals surface area contributed by atoms with Crippen LogP contribution in [-0.4, -0.2) is 11.4 Å². The smallest absolute Gasteiger partial charge is 0.216 e. The van der Waals surface area contributed by atoms with Crippen molar-refractivity contribution in [1.82, 2.24) is 0 Å². The van der Waals surface area contributed by atoms with E-state index in [2.05, 4.69) is 98.1 Å². The lowest BCUT2D eigenvalue weighted by Gasteiger charge is -2.26. The van der Waals surface area contributed by atoms with E-state index in [1.165, 1.54) is 17.2 Å². The number of anilines is 3. The second-order valence-electron chi connectivity index (χ2n) is 7.82. The molecule has 0 aliphatic rings. The van der Waals surface area contributed by atoms with Crippen LogP contribution in [0.25, 0.3) is 11.1 Å². The fraction of sp³-hybridized carbons (Fsp3) is 0.103. The average molecular weight is 422 g/mol. The Hall–Kier alpha value is -3.82. The number of aliphatic hydroxyl groups excluding tert-OH is 1. The summed E-state index contributed by atoms with van der Waals surface area (Å²) in [4.78, 5) is 2.26. The fourth-order valence-electron chi connectivity index (χ4n) is 3.55. The molecule has 3 heteroatoms. The van der Waals surface area contributed by atoms with Crippen LogP contribution in [0.1, 0.15) is 11.1 Å². The summed E-state index contributed by atoms with van der Waals surface area (Å²) < 4.78 is 5.35. The molecule has 0 fully saturated rings. The Labute approximate surface area is 189 Å². The van der Waals surface area contributed by atoms with Gasteiger partial charge in [-0.3, -0.25) is 0 Å². The van der Waals surface area contributed by atoms with E-state index < -0.39 is 6.29 Å². The molecule has 0 bridgehead atoms. The van der Waals surface area contributed by atoms with Gasteiger partial charge in [-0.1, -0.05) is 66.2 Å². The molecule has 4 aromatic carbocycles. The van der Waals surface area contributed by atoms with Crippen molar-refractivity contribution in [3.05, 3.63) is 121 Å². The first kappa shape index (κ1) is 21.4. The van der Waals surface area contributed by atoms with Crippen LogP contribution in [-0.2, 0) is 0 Å². The molecule has 0 heterocycles. The number of rotatable bonds is 7. The molecule has 0 amide bonds. The monoisotopic (exact) mass is 421 g/mol. The summed E-state index contributed by atoms with van der Waals surface area (Å²) in [5.41, 5.74) is 7.99. The van der Waals surface area contributed by atoms with Crippen molar-refractivity contribution >= 4 is 17.1 Å². The fourth-order valence-corrected chi connectivity index (χ4v) is 3.55. The minimum atomic E-state index is -1.00. The number of aliphatic hydroxyl groups is 1. The van der Waals surface area contributed by atoms with E-state index in [-0.39, 0.29) is 0 Å². The summed E-state index contributed by atoms with van der Waals surface area (Å²) in [5.74, 6) is 0.600. The first-order chi connectivity index (χ1) is 15.5. The Bertz CT molecular complexity index is 1120. The Morgan fingerprint density at radius 1 is 0.656 bits per heavy atom. The lowest BCUT2D eigenvalue weighted by molar-refractivity contribution is 0.0251. The lowest BCUT2D eigenvalue weighted by Crippen LogP contribution is -2.10. The molecule has 0 spiro atoms. The highest BCUT2D eigenvalue weighted by atomic mass is 16.6. The zero-order chi connectivity index (χ0) is 22.5. The van der Waals surface area contributed by atoms with Crippen molar-refractivity contribution in [3.8, 4) is 16.9 Å². The molecule has 4 aromatic rings. The summed E-state index contributed by atoms with van der Waals surface area (Å²) in [6.07, 6.45) is 0.343. The van der Waals surface area contributed by atoms with Gasteiger partial charge in [0.1, 0.15) is 5.75 Å². The molecule has 0 saturated heterocycles. The molecule has 160 valence electrons. The van der Waals surface area contributed by atoms with Crippen molar-refractivity contribution in [2.75, 3.05) is 4.90 Å². The summed E-state index contributed by atoms with van der Waals surface area (Å²) in [5, 5.41) is 9.55. The molecule has 1 atom stereocenters. The molecule has 1 N–H and O–H groups in total. The summed E-state index contributed by atoms with van der Waals surface area (Å²) in [7, 11) is 0. The van der Waals surface area contributed by atoms with Gasteiger partial charge in [-0.25, -0.2) is 0 Å². The minimum absolute atomic E-state index is 0.600. The highest BCUT2D eigenvalue weighted by Gasteiger charge is 2.12. The SMILES string of the molecule is C=CC(O)Oc1ccc(-c2ccc(N(c3ccc(C)cc3)c3ccc(C)cc3)cc2)cc1. The van der Waals surface area contributed by atoms with Crippen LogP contribution < -0.4 is 9.64 Å². The van der Waals surface area contributed by atoms with Gasteiger partial charge in [0.25, 0.3) is 0 Å². The van der Waals surface area contributed by atoms with Crippen LogP contribution in [0.5, 0.6) is 5.75 Å². The van der Waals surface area contributed by atoms with Gasteiger partial charge < -0.3 is 14.7 Å². The first-order valence-corrected chi connectivity index (χ1v) is 10.6. The Balaban J connectivity index is 1.64. The van der Waals surface area contributed by atoms with Gasteiger partial charge in [0.15, 0.2) is 0 Å². The van der Waals surface area contributed by atoms with E-state index in [0.717, 1.165) is 28.2 Å². The Kier molecular flexibility index (Phi) is 6.39. The molecule has 0 radical (unpaired) electrons. The third-order valence-corrected chi connectivity index (χ3v) is 5.36. The van der Waals surface area contributed by atoms with E-state index >= 15 is 0 Å². The van der Waals surface area contributed by atoms with E-state index in [1.807, 2.05) is 24.3 Å². The quantitative estimate of drug-likeness (QED) is 0.251. The van der Waals surface area contributed by atoms with Crippen LogP contribution in [0.15, 0.2) is 110 Å². The normalized spacial score (nSPS) is 11.6. The third-order valence-electron chi connectivity index (χ3n) is 5.36. The molecule has 0 saturated carbocycles. The van der Waals surface area contributed by atoms with Crippen LogP contribution in [0, 0.1) is 13.8 Å². The minimum Gasteiger partial charge on any atom is -0.461 e. The molecule has 0 aromatic heterocycles. The Morgan fingerprint density at radius 2 is 1.03 bits per heavy atom. The largest absolute Gasteiger partial charge is 0.461 e. The maximum atomic E-state index is 9.55. The molecule has 0 aliphatic carbocycles. The van der Waals surface area contributed by atoms with Crippen molar-refractivity contribution in [3.63, 3.8) is 0 Å². The second kappa shape index (κ2) is 9.54. The molecular weight excluding hydrogens is 394 g/mol. The topological polar surface area (TPSA) is 32.7 Å². The van der Waals surface area contributed by atoms with Gasteiger partial charge in [-0.2, -0.15) is 0 Å². The molecule has 1 unspecified atom stereocenters. The van der Waals surface area contributed by atoms with E-state index in [9.17, 15) is 5.11 Å². The number of hydrogen-bond acceptors (Lipinski definition) is 3. The van der Waals surface area contributed by atoms with Gasteiger partial charge in [0, 0.05) is 17.1 Å². The maximum absolute atomic E-state index is 9.55. The van der Waals surface area contributed by atoms with E-state index in [4.69, 9.17) is 4.74 Å². The van der Waals surface area contributed by atoms with Gasteiger partial charge in [0.2, 0.25) is 6.29 Å². The summed E-state index contributed by atoms with van der Waals surface area (Å²) >= 11 is 0. The van der Waals surface area contributed by atoms with Gasteiger partial charge in [-0.15, -0.1) is 0 Å². The van der Waals surface area contributed by atoms with Crippen LogP contribution in [0.3, 0.4) is 0 Å². The number of aryl methyl sites for hydroxylation is 2. The van der Waals surface area contributed by atoms with Crippen molar-refractivity contribution in [2.45, 2.75) is 20.1 Å². The average Bonchev–Trinajstić information content (AvgIpc) is 2.82. The highest BCUT2D eigenvalue weighted by molar-refractivity contribution is 5.78. The zero-order valence-corrected chi connectivity index (χ0v) is 18.4. The molecule has 3 nitrogen and oxygen atoms in total. The van der Waals surface area contributed by atoms with Crippen molar-refractivity contribution in [2.24, 2.45) is 0 Å². The van der Waals surface area contributed by atoms with Crippen LogP contribution >= 0.6 is 0 Å². The summed E-state index contributed by atoms with van der Waals surface area (Å²) in [6.45, 7) is 7.72. The number of nitrogens with zero attached hydrogens (tertiary/aromatic N) is 1. The maximum Gasteiger partial charge on any atom is 0.216 e.